The molecule has 1 atom stereocenters. The van der Waals surface area contributed by atoms with Gasteiger partial charge >= 0.3 is 6.18 Å². The van der Waals surface area contributed by atoms with E-state index in [4.69, 9.17) is 5.73 Å². The predicted octanol–water partition coefficient (Wildman–Crippen LogP) is 3.64. The predicted molar refractivity (Wildman–Crippen MR) is 65.2 cm³/mol. The second-order valence-corrected chi connectivity index (χ2v) is 5.06. The van der Waals surface area contributed by atoms with Crippen LogP contribution in [-0.2, 0) is 5.41 Å². The molecule has 0 aromatic heterocycles. The van der Waals surface area contributed by atoms with Crippen LogP contribution in [0.15, 0.2) is 30.3 Å². The minimum atomic E-state index is -4.23. The minimum Gasteiger partial charge on any atom is -0.330 e. The summed E-state index contributed by atoms with van der Waals surface area (Å²) in [5.41, 5.74) is 5.42. The zero-order chi connectivity index (χ0) is 13.2. The molecule has 0 heterocycles. The van der Waals surface area contributed by atoms with E-state index in [0.717, 1.165) is 18.4 Å². The summed E-state index contributed by atoms with van der Waals surface area (Å²) in [6.07, 6.45) is -1.37. The third kappa shape index (κ3) is 2.26. The number of hydrogen-bond acceptors (Lipinski definition) is 1. The van der Waals surface area contributed by atoms with Crippen molar-refractivity contribution in [3.05, 3.63) is 35.9 Å². The lowest BCUT2D eigenvalue weighted by Gasteiger charge is -2.38. The maximum Gasteiger partial charge on any atom is 0.393 e. The molecule has 1 unspecified atom stereocenters. The Bertz CT molecular complexity index is 380. The Kier molecular flexibility index (Phi) is 3.66. The van der Waals surface area contributed by atoms with Gasteiger partial charge < -0.3 is 5.73 Å². The highest BCUT2D eigenvalue weighted by atomic mass is 19.4. The number of halogens is 3. The molecule has 1 nitrogen and oxygen atoms in total. The molecule has 1 fully saturated rings. The highest BCUT2D eigenvalue weighted by molar-refractivity contribution is 5.28. The number of benzene rings is 1. The molecule has 2 N–H and O–H groups in total. The Hall–Kier alpha value is -1.03. The van der Waals surface area contributed by atoms with E-state index in [1.807, 2.05) is 6.07 Å². The van der Waals surface area contributed by atoms with E-state index in [0.29, 0.717) is 12.8 Å². The van der Waals surface area contributed by atoms with Gasteiger partial charge in [-0.05, 0) is 18.4 Å². The Labute approximate surface area is 105 Å². The second kappa shape index (κ2) is 4.92. The maximum atomic E-state index is 13.2. The maximum absolute atomic E-state index is 13.2. The van der Waals surface area contributed by atoms with E-state index in [-0.39, 0.29) is 6.54 Å². The van der Waals surface area contributed by atoms with Gasteiger partial charge in [0.25, 0.3) is 0 Å². The first-order chi connectivity index (χ1) is 8.50. The summed E-state index contributed by atoms with van der Waals surface area (Å²) in [5.74, 6) is -1.44. The Morgan fingerprint density at radius 3 is 2.11 bits per heavy atom. The van der Waals surface area contributed by atoms with Crippen molar-refractivity contribution in [1.82, 2.24) is 0 Å². The van der Waals surface area contributed by atoms with Gasteiger partial charge in [-0.3, -0.25) is 0 Å². The summed E-state index contributed by atoms with van der Waals surface area (Å²) >= 11 is 0. The summed E-state index contributed by atoms with van der Waals surface area (Å²) in [6, 6.07) is 9.05. The zero-order valence-corrected chi connectivity index (χ0v) is 10.2. The first-order valence-corrected chi connectivity index (χ1v) is 6.33. The van der Waals surface area contributed by atoms with Gasteiger partial charge in [-0.25, -0.2) is 0 Å². The lowest BCUT2D eigenvalue weighted by molar-refractivity contribution is -0.191. The van der Waals surface area contributed by atoms with E-state index in [9.17, 15) is 13.2 Å². The fraction of sp³-hybridized carbons (Fsp3) is 0.571. The Morgan fingerprint density at radius 2 is 1.67 bits per heavy atom. The van der Waals surface area contributed by atoms with Crippen LogP contribution in [0.3, 0.4) is 0 Å². The molecule has 0 amide bonds. The Morgan fingerprint density at radius 1 is 1.11 bits per heavy atom. The lowest BCUT2D eigenvalue weighted by atomic mass is 9.68. The molecule has 1 aromatic carbocycles. The third-order valence-corrected chi connectivity index (χ3v) is 4.14. The fourth-order valence-corrected chi connectivity index (χ4v) is 3.29. The van der Waals surface area contributed by atoms with Gasteiger partial charge in [0.15, 0.2) is 0 Å². The highest BCUT2D eigenvalue weighted by Gasteiger charge is 2.54. The SMILES string of the molecule is NCC(C(F)(F)F)C1(c2ccccc2)CCCC1. The quantitative estimate of drug-likeness (QED) is 0.879. The van der Waals surface area contributed by atoms with Crippen LogP contribution in [0.25, 0.3) is 0 Å². The fourth-order valence-electron chi connectivity index (χ4n) is 3.29. The van der Waals surface area contributed by atoms with Crippen LogP contribution < -0.4 is 5.73 Å². The van der Waals surface area contributed by atoms with Crippen LogP contribution in [0.5, 0.6) is 0 Å². The lowest BCUT2D eigenvalue weighted by Crippen LogP contribution is -2.46. The van der Waals surface area contributed by atoms with Gasteiger partial charge in [-0.2, -0.15) is 13.2 Å². The molecular weight excluding hydrogens is 239 g/mol. The monoisotopic (exact) mass is 257 g/mol. The molecule has 1 aliphatic carbocycles. The molecule has 1 aromatic rings. The molecule has 100 valence electrons. The summed E-state index contributed by atoms with van der Waals surface area (Å²) in [6.45, 7) is -0.335. The smallest absolute Gasteiger partial charge is 0.330 e. The zero-order valence-electron chi connectivity index (χ0n) is 10.2. The van der Waals surface area contributed by atoms with E-state index in [2.05, 4.69) is 0 Å². The topological polar surface area (TPSA) is 26.0 Å². The molecular formula is C14H18F3N. The first kappa shape index (κ1) is 13.4. The highest BCUT2D eigenvalue weighted by Crippen LogP contribution is 2.51. The third-order valence-electron chi connectivity index (χ3n) is 4.14. The normalized spacial score (nSPS) is 20.9. The van der Waals surface area contributed by atoms with Crippen LogP contribution >= 0.6 is 0 Å². The van der Waals surface area contributed by atoms with E-state index >= 15 is 0 Å². The largest absolute Gasteiger partial charge is 0.393 e. The molecule has 2 rings (SSSR count). The number of nitrogens with two attached hydrogens (primary N) is 1. The van der Waals surface area contributed by atoms with Crippen molar-refractivity contribution in [3.8, 4) is 0 Å². The molecule has 0 spiro atoms. The molecule has 0 bridgehead atoms. The van der Waals surface area contributed by atoms with E-state index in [1.165, 1.54) is 0 Å². The molecule has 0 aliphatic heterocycles. The van der Waals surface area contributed by atoms with Crippen molar-refractivity contribution in [2.45, 2.75) is 37.3 Å². The average Bonchev–Trinajstić information content (AvgIpc) is 2.79. The Balaban J connectivity index is 2.44. The minimum absolute atomic E-state index is 0.335. The molecule has 4 heteroatoms. The van der Waals surface area contributed by atoms with Crippen molar-refractivity contribution >= 4 is 0 Å². The van der Waals surface area contributed by atoms with Gasteiger partial charge in [0.2, 0.25) is 0 Å². The van der Waals surface area contributed by atoms with E-state index < -0.39 is 17.5 Å². The molecule has 1 aliphatic rings. The number of rotatable bonds is 3. The van der Waals surface area contributed by atoms with Gasteiger partial charge in [0, 0.05) is 12.0 Å². The van der Waals surface area contributed by atoms with Crippen LogP contribution in [0.2, 0.25) is 0 Å². The standard InChI is InChI=1S/C14H18F3N/c15-14(16,17)12(10-18)13(8-4-5-9-13)11-6-2-1-3-7-11/h1-3,6-7,12H,4-5,8-10,18H2. The van der Waals surface area contributed by atoms with E-state index in [1.54, 1.807) is 24.3 Å². The number of hydrogen-bond donors (Lipinski definition) is 1. The number of alkyl halides is 3. The summed E-state index contributed by atoms with van der Waals surface area (Å²) in [4.78, 5) is 0. The van der Waals surface area contributed by atoms with Gasteiger partial charge in [-0.1, -0.05) is 43.2 Å². The summed E-state index contributed by atoms with van der Waals surface area (Å²) in [7, 11) is 0. The van der Waals surface area contributed by atoms with Gasteiger partial charge in [-0.15, -0.1) is 0 Å². The molecule has 18 heavy (non-hydrogen) atoms. The average molecular weight is 257 g/mol. The summed E-state index contributed by atoms with van der Waals surface area (Å²) < 4.78 is 39.7. The van der Waals surface area contributed by atoms with Crippen molar-refractivity contribution in [1.29, 1.82) is 0 Å². The van der Waals surface area contributed by atoms with Crippen molar-refractivity contribution < 1.29 is 13.2 Å². The molecule has 1 saturated carbocycles. The van der Waals surface area contributed by atoms with Crippen molar-refractivity contribution in [2.75, 3.05) is 6.54 Å². The summed E-state index contributed by atoms with van der Waals surface area (Å²) in [5, 5.41) is 0. The van der Waals surface area contributed by atoms with Crippen LogP contribution in [0.1, 0.15) is 31.2 Å². The van der Waals surface area contributed by atoms with Crippen molar-refractivity contribution in [3.63, 3.8) is 0 Å². The van der Waals surface area contributed by atoms with Crippen LogP contribution in [0, 0.1) is 5.92 Å². The van der Waals surface area contributed by atoms with Crippen molar-refractivity contribution in [2.24, 2.45) is 11.7 Å². The van der Waals surface area contributed by atoms with Gasteiger partial charge in [0.05, 0.1) is 5.92 Å². The van der Waals surface area contributed by atoms with Gasteiger partial charge in [0.1, 0.15) is 0 Å². The van der Waals surface area contributed by atoms with Crippen LogP contribution in [-0.4, -0.2) is 12.7 Å². The van der Waals surface area contributed by atoms with Crippen LogP contribution in [0.4, 0.5) is 13.2 Å². The second-order valence-electron chi connectivity index (χ2n) is 5.06. The first-order valence-electron chi connectivity index (χ1n) is 6.33. The molecule has 0 radical (unpaired) electrons. The molecule has 0 saturated heterocycles.